The number of aromatic nitrogens is 2. The molecule has 0 aliphatic carbocycles. The van der Waals surface area contributed by atoms with Crippen LogP contribution in [0, 0.1) is 0 Å². The summed E-state index contributed by atoms with van der Waals surface area (Å²) in [5.41, 5.74) is 1.23. The predicted molar refractivity (Wildman–Crippen MR) is 86.6 cm³/mol. The molecule has 2 aromatic rings. The lowest BCUT2D eigenvalue weighted by Gasteiger charge is -2.31. The summed E-state index contributed by atoms with van der Waals surface area (Å²) in [5, 5.41) is 10.7. The molecule has 1 aromatic heterocycles. The van der Waals surface area contributed by atoms with E-state index in [0.717, 1.165) is 17.3 Å². The summed E-state index contributed by atoms with van der Waals surface area (Å²) in [7, 11) is 0. The van der Waals surface area contributed by atoms with Crippen molar-refractivity contribution < 1.29 is 19.0 Å². The van der Waals surface area contributed by atoms with Gasteiger partial charge < -0.3 is 19.5 Å². The molecule has 3 atom stereocenters. The highest BCUT2D eigenvalue weighted by Crippen LogP contribution is 2.35. The average Bonchev–Trinajstić information content (AvgIpc) is 3.11. The van der Waals surface area contributed by atoms with Gasteiger partial charge in [-0.15, -0.1) is 0 Å². The smallest absolute Gasteiger partial charge is 0.272 e. The quantitative estimate of drug-likeness (QED) is 0.892. The fourth-order valence-corrected chi connectivity index (χ4v) is 3.42. The Morgan fingerprint density at radius 1 is 1.38 bits per heavy atom. The minimum Gasteiger partial charge on any atom is -0.373 e. The first-order valence-corrected chi connectivity index (χ1v) is 8.22. The zero-order chi connectivity index (χ0) is 16.7. The highest BCUT2D eigenvalue weighted by molar-refractivity contribution is 6.04. The van der Waals surface area contributed by atoms with Gasteiger partial charge in [-0.1, -0.05) is 18.2 Å². The highest BCUT2D eigenvalue weighted by atomic mass is 16.8. The normalized spacial score (nSPS) is 28.7. The van der Waals surface area contributed by atoms with Crippen LogP contribution < -0.4 is 5.32 Å². The molecule has 128 valence electrons. The van der Waals surface area contributed by atoms with Crippen LogP contribution in [-0.2, 0) is 14.2 Å². The predicted octanol–water partition coefficient (Wildman–Crippen LogP) is 1.60. The largest absolute Gasteiger partial charge is 0.373 e. The lowest BCUT2D eigenvalue weighted by Crippen LogP contribution is -2.48. The molecule has 2 fully saturated rings. The van der Waals surface area contributed by atoms with Crippen molar-refractivity contribution in [2.75, 3.05) is 13.2 Å². The third kappa shape index (κ3) is 2.79. The van der Waals surface area contributed by atoms with Gasteiger partial charge in [0.2, 0.25) is 0 Å². The van der Waals surface area contributed by atoms with Crippen LogP contribution in [0.2, 0.25) is 0 Å². The summed E-state index contributed by atoms with van der Waals surface area (Å²) < 4.78 is 17.6. The van der Waals surface area contributed by atoms with E-state index < -0.39 is 5.79 Å². The maximum atomic E-state index is 12.5. The zero-order valence-electron chi connectivity index (χ0n) is 13.7. The number of carbonyl (C=O) groups is 1. The second-order valence-electron chi connectivity index (χ2n) is 6.66. The van der Waals surface area contributed by atoms with Crippen LogP contribution in [0.25, 0.3) is 10.9 Å². The first kappa shape index (κ1) is 15.6. The Hall–Kier alpha value is -1.96. The number of rotatable bonds is 3. The summed E-state index contributed by atoms with van der Waals surface area (Å²) >= 11 is 0. The Bertz CT molecular complexity index is 757. The summed E-state index contributed by atoms with van der Waals surface area (Å²) in [6.07, 6.45) is 0.439. The van der Waals surface area contributed by atoms with Gasteiger partial charge in [-0.25, -0.2) is 0 Å². The maximum Gasteiger partial charge on any atom is 0.272 e. The molecule has 0 saturated carbocycles. The van der Waals surface area contributed by atoms with Crippen molar-refractivity contribution in [3.8, 4) is 0 Å². The van der Waals surface area contributed by atoms with Gasteiger partial charge in [0.15, 0.2) is 11.5 Å². The monoisotopic (exact) mass is 331 g/mol. The van der Waals surface area contributed by atoms with Crippen molar-refractivity contribution in [3.63, 3.8) is 0 Å². The number of amides is 1. The number of carbonyl (C=O) groups excluding carboxylic acids is 1. The summed E-state index contributed by atoms with van der Waals surface area (Å²) in [6, 6.07) is 7.55. The third-order valence-electron chi connectivity index (χ3n) is 4.47. The van der Waals surface area contributed by atoms with Gasteiger partial charge in [-0.2, -0.15) is 5.10 Å². The first-order valence-electron chi connectivity index (χ1n) is 8.22. The van der Waals surface area contributed by atoms with Crippen LogP contribution in [0.4, 0.5) is 0 Å². The number of H-pyrrole nitrogens is 1. The molecule has 0 spiro atoms. The fourth-order valence-electron chi connectivity index (χ4n) is 3.42. The molecule has 0 bridgehead atoms. The Morgan fingerprint density at radius 2 is 2.21 bits per heavy atom. The van der Waals surface area contributed by atoms with Crippen molar-refractivity contribution >= 4 is 16.8 Å². The van der Waals surface area contributed by atoms with Crippen LogP contribution in [0.5, 0.6) is 0 Å². The van der Waals surface area contributed by atoms with Gasteiger partial charge in [0.05, 0.1) is 11.6 Å². The molecule has 1 aromatic carbocycles. The molecule has 0 radical (unpaired) electrons. The Kier molecular flexibility index (Phi) is 3.79. The molecule has 2 aliphatic rings. The Morgan fingerprint density at radius 3 is 3.08 bits per heavy atom. The first-order chi connectivity index (χ1) is 11.5. The lowest BCUT2D eigenvalue weighted by atomic mass is 10.0. The van der Waals surface area contributed by atoms with Gasteiger partial charge in [-0.3, -0.25) is 9.89 Å². The van der Waals surface area contributed by atoms with E-state index in [-0.39, 0.29) is 24.2 Å². The number of fused-ring (bicyclic) bond motifs is 2. The number of aromatic amines is 1. The van der Waals surface area contributed by atoms with E-state index in [1.54, 1.807) is 0 Å². The van der Waals surface area contributed by atoms with Crippen LogP contribution in [-0.4, -0.2) is 53.4 Å². The topological polar surface area (TPSA) is 85.5 Å². The number of hydrogen-bond donors (Lipinski definition) is 2. The number of benzene rings is 1. The molecular weight excluding hydrogens is 310 g/mol. The summed E-state index contributed by atoms with van der Waals surface area (Å²) in [6.45, 7) is 4.76. The Balaban J connectivity index is 1.44. The van der Waals surface area contributed by atoms with Crippen molar-refractivity contribution in [1.29, 1.82) is 0 Å². The number of para-hydroxylation sites is 1. The molecule has 4 rings (SSSR count). The zero-order valence-corrected chi connectivity index (χ0v) is 13.7. The standard InChI is InChI=1S/C17H21N3O4/c1-17(2)23-12-7-8-22-13(15(12)24-17)9-18-16(21)14-10-5-3-4-6-11(10)19-20-14/h3-6,12-13,15H,7-9H2,1-2H3,(H,18,21)(H,19,20). The minimum absolute atomic E-state index is 0.0156. The molecule has 2 saturated heterocycles. The van der Waals surface area contributed by atoms with Gasteiger partial charge in [-0.05, 0) is 26.3 Å². The average molecular weight is 331 g/mol. The highest BCUT2D eigenvalue weighted by Gasteiger charge is 2.47. The molecule has 7 nitrogen and oxygen atoms in total. The van der Waals surface area contributed by atoms with Crippen molar-refractivity contribution in [2.45, 2.75) is 44.4 Å². The van der Waals surface area contributed by atoms with Gasteiger partial charge in [0.1, 0.15) is 12.2 Å². The van der Waals surface area contributed by atoms with Crippen LogP contribution in [0.15, 0.2) is 24.3 Å². The van der Waals surface area contributed by atoms with Gasteiger partial charge in [0, 0.05) is 18.5 Å². The van der Waals surface area contributed by atoms with Crippen LogP contribution >= 0.6 is 0 Å². The van der Waals surface area contributed by atoms with Crippen LogP contribution in [0.3, 0.4) is 0 Å². The van der Waals surface area contributed by atoms with E-state index in [1.807, 2.05) is 38.1 Å². The Labute approximate surface area is 139 Å². The van der Waals surface area contributed by atoms with E-state index in [0.29, 0.717) is 18.8 Å². The second kappa shape index (κ2) is 5.84. The molecule has 24 heavy (non-hydrogen) atoms. The van der Waals surface area contributed by atoms with Crippen LogP contribution in [0.1, 0.15) is 30.8 Å². The van der Waals surface area contributed by atoms with E-state index in [1.165, 1.54) is 0 Å². The number of nitrogens with one attached hydrogen (secondary N) is 2. The minimum atomic E-state index is -0.607. The second-order valence-corrected chi connectivity index (χ2v) is 6.66. The lowest BCUT2D eigenvalue weighted by molar-refractivity contribution is -0.153. The van der Waals surface area contributed by atoms with E-state index in [4.69, 9.17) is 14.2 Å². The molecule has 2 N–H and O–H groups in total. The van der Waals surface area contributed by atoms with Crippen molar-refractivity contribution in [3.05, 3.63) is 30.0 Å². The van der Waals surface area contributed by atoms with Gasteiger partial charge >= 0.3 is 0 Å². The van der Waals surface area contributed by atoms with Crippen molar-refractivity contribution in [2.24, 2.45) is 0 Å². The number of nitrogens with zero attached hydrogens (tertiary/aromatic N) is 1. The number of hydrogen-bond acceptors (Lipinski definition) is 5. The SMILES string of the molecule is CC1(C)OC2CCOC(CNC(=O)c3n[nH]c4ccccc34)C2O1. The molecule has 7 heteroatoms. The molecule has 2 aliphatic heterocycles. The molecular formula is C17H21N3O4. The van der Waals surface area contributed by atoms with E-state index in [2.05, 4.69) is 15.5 Å². The van der Waals surface area contributed by atoms with Gasteiger partial charge in [0.25, 0.3) is 5.91 Å². The van der Waals surface area contributed by atoms with E-state index in [9.17, 15) is 4.79 Å². The number of ether oxygens (including phenoxy) is 3. The fraction of sp³-hybridized carbons (Fsp3) is 0.529. The van der Waals surface area contributed by atoms with E-state index >= 15 is 0 Å². The summed E-state index contributed by atoms with van der Waals surface area (Å²) in [5.74, 6) is -0.833. The molecule has 1 amide bonds. The maximum absolute atomic E-state index is 12.5. The molecule has 3 unspecified atom stereocenters. The summed E-state index contributed by atoms with van der Waals surface area (Å²) in [4.78, 5) is 12.5. The molecule has 3 heterocycles. The third-order valence-corrected chi connectivity index (χ3v) is 4.47. The van der Waals surface area contributed by atoms with Crippen molar-refractivity contribution in [1.82, 2.24) is 15.5 Å².